The van der Waals surface area contributed by atoms with Crippen LogP contribution in [0.25, 0.3) is 0 Å². The number of amides is 2. The minimum Gasteiger partial charge on any atom is -0.350 e. The van der Waals surface area contributed by atoms with Gasteiger partial charge in [0.2, 0.25) is 11.8 Å². The quantitative estimate of drug-likeness (QED) is 0.191. The number of nitrogens with one attached hydrogen (secondary N) is 2. The molecule has 0 aliphatic carbocycles. The van der Waals surface area contributed by atoms with Crippen LogP contribution >= 0.6 is 0 Å². The van der Waals surface area contributed by atoms with Crippen LogP contribution in [0.3, 0.4) is 0 Å². The molecule has 1 aliphatic heterocycles. The van der Waals surface area contributed by atoms with E-state index in [-0.39, 0.29) is 29.2 Å². The molecule has 10 heteroatoms. The number of hydroxylamine groups is 1. The van der Waals surface area contributed by atoms with Crippen LogP contribution in [-0.2, 0) is 34.4 Å². The zero-order valence-corrected chi connectivity index (χ0v) is 20.3. The lowest BCUT2D eigenvalue weighted by Gasteiger charge is -2.40. The van der Waals surface area contributed by atoms with Gasteiger partial charge in [0.25, 0.3) is 0 Å². The number of ether oxygens (including phenoxy) is 1. The highest BCUT2D eigenvalue weighted by atomic mass is 32.2. The van der Waals surface area contributed by atoms with Crippen molar-refractivity contribution in [3.05, 3.63) is 42.5 Å². The number of hydrogen-bond acceptors (Lipinski definition) is 7. The van der Waals surface area contributed by atoms with Crippen molar-refractivity contribution in [1.82, 2.24) is 10.9 Å². The minimum absolute atomic E-state index is 0.0346. The summed E-state index contributed by atoms with van der Waals surface area (Å²) in [6.07, 6.45) is 4.70. The molecule has 1 heterocycles. The number of carbonyl (C=O) groups excluding carboxylic acids is 2. The molecule has 3 atom stereocenters. The van der Waals surface area contributed by atoms with Crippen molar-refractivity contribution in [2.75, 3.05) is 12.9 Å². The second kappa shape index (κ2) is 11.7. The van der Waals surface area contributed by atoms with Crippen LogP contribution in [0.15, 0.2) is 41.8 Å². The van der Waals surface area contributed by atoms with Gasteiger partial charge in [0.05, 0.1) is 16.2 Å². The van der Waals surface area contributed by atoms with Gasteiger partial charge in [-0.2, -0.15) is 0 Å². The summed E-state index contributed by atoms with van der Waals surface area (Å²) in [6, 6.07) is 6.20. The summed E-state index contributed by atoms with van der Waals surface area (Å²) in [5.41, 5.74) is 3.22. The topological polar surface area (TPSA) is 137 Å². The van der Waals surface area contributed by atoms with Crippen molar-refractivity contribution in [3.63, 3.8) is 0 Å². The van der Waals surface area contributed by atoms with Gasteiger partial charge in [-0.05, 0) is 43.2 Å². The molecule has 1 saturated heterocycles. The van der Waals surface area contributed by atoms with Crippen LogP contribution < -0.4 is 16.7 Å². The number of sulfone groups is 1. The molecule has 0 aromatic heterocycles. The molecule has 0 saturated carbocycles. The summed E-state index contributed by atoms with van der Waals surface area (Å²) < 4.78 is 30.8. The summed E-state index contributed by atoms with van der Waals surface area (Å²) >= 11 is 0. The summed E-state index contributed by atoms with van der Waals surface area (Å²) in [5.74, 6) is 3.21. The Morgan fingerprint density at radius 2 is 2.03 bits per heavy atom. The summed E-state index contributed by atoms with van der Waals surface area (Å²) in [5, 5.41) is 0. The molecule has 4 N–H and O–H groups in total. The lowest BCUT2D eigenvalue weighted by molar-refractivity contribution is -0.203. The van der Waals surface area contributed by atoms with E-state index in [1.807, 2.05) is 13.8 Å². The number of hydrazine groups is 1. The maximum atomic E-state index is 13.5. The molecule has 0 bridgehead atoms. The van der Waals surface area contributed by atoms with Gasteiger partial charge in [0.1, 0.15) is 0 Å². The second-order valence-corrected chi connectivity index (χ2v) is 10.8. The highest BCUT2D eigenvalue weighted by Crippen LogP contribution is 2.43. The fourth-order valence-electron chi connectivity index (χ4n) is 4.44. The highest BCUT2D eigenvalue weighted by molar-refractivity contribution is 7.90. The first-order chi connectivity index (χ1) is 15.6. The molecule has 1 aromatic carbocycles. The van der Waals surface area contributed by atoms with E-state index in [9.17, 15) is 18.0 Å². The Hall–Kier alpha value is -2.27. The lowest BCUT2D eigenvalue weighted by Crippen LogP contribution is -2.57. The Morgan fingerprint density at radius 1 is 1.33 bits per heavy atom. The molecular weight excluding hydrogens is 446 g/mol. The van der Waals surface area contributed by atoms with Gasteiger partial charge in [-0.25, -0.2) is 24.6 Å². The first kappa shape index (κ1) is 27.0. The average molecular weight is 482 g/mol. The zero-order chi connectivity index (χ0) is 24.6. The van der Waals surface area contributed by atoms with Crippen molar-refractivity contribution < 1.29 is 27.6 Å². The molecule has 2 amide bonds. The normalized spacial score (nSPS) is 19.4. The molecule has 184 valence electrons. The van der Waals surface area contributed by atoms with Crippen LogP contribution in [0.1, 0.15) is 51.5 Å². The van der Waals surface area contributed by atoms with Crippen molar-refractivity contribution in [2.24, 2.45) is 17.7 Å². The smallest absolute Gasteiger partial charge is 0.248 e. The maximum Gasteiger partial charge on any atom is 0.248 e. The zero-order valence-electron chi connectivity index (χ0n) is 19.5. The fourth-order valence-corrected chi connectivity index (χ4v) is 5.42. The molecule has 2 rings (SSSR count). The molecule has 9 nitrogen and oxygen atoms in total. The Labute approximate surface area is 195 Å². The third-order valence-corrected chi connectivity index (χ3v) is 6.93. The first-order valence-electron chi connectivity index (χ1n) is 11.1. The predicted molar refractivity (Wildman–Crippen MR) is 124 cm³/mol. The monoisotopic (exact) mass is 481 g/mol. The van der Waals surface area contributed by atoms with Gasteiger partial charge in [-0.15, -0.1) is 6.58 Å². The van der Waals surface area contributed by atoms with E-state index in [1.54, 1.807) is 18.2 Å². The number of carbonyl (C=O) groups is 2. The van der Waals surface area contributed by atoms with E-state index in [4.69, 9.17) is 15.4 Å². The molecule has 33 heavy (non-hydrogen) atoms. The van der Waals surface area contributed by atoms with Gasteiger partial charge < -0.3 is 4.74 Å². The molecule has 1 unspecified atom stereocenters. The average Bonchev–Trinajstić information content (AvgIpc) is 2.79. The lowest BCUT2D eigenvalue weighted by atomic mass is 9.63. The standard InChI is InChI=1S/C23H35N3O6S/c1-5-10-18(21(27)26-32-20-13-8-9-14-31-20)23(15-16(2)3,22(28)25-24)17-11-6-7-12-19(17)33(4,29)30/h5-7,11-12,16,18,20H,1,8-10,13-15,24H2,2-4H3,(H,25,28)(H,26,27)/t18-,20?,23+/m1/s1. The van der Waals surface area contributed by atoms with E-state index in [2.05, 4.69) is 17.5 Å². The van der Waals surface area contributed by atoms with Crippen LogP contribution in [-0.4, -0.2) is 39.4 Å². The van der Waals surface area contributed by atoms with Crippen molar-refractivity contribution >= 4 is 21.7 Å². The molecule has 0 spiro atoms. The SMILES string of the molecule is C=CC[C@H](C(=O)NOC1CCCCO1)[C@@](CC(C)C)(C(=O)NN)c1ccccc1S(C)(=O)=O. The largest absolute Gasteiger partial charge is 0.350 e. The van der Waals surface area contributed by atoms with Gasteiger partial charge >= 0.3 is 0 Å². The summed E-state index contributed by atoms with van der Waals surface area (Å²) in [6.45, 7) is 8.05. The van der Waals surface area contributed by atoms with Crippen LogP contribution in [0.4, 0.5) is 0 Å². The van der Waals surface area contributed by atoms with Gasteiger partial charge in [-0.1, -0.05) is 38.1 Å². The van der Waals surface area contributed by atoms with Gasteiger partial charge in [0, 0.05) is 19.3 Å². The maximum absolute atomic E-state index is 13.5. The fraction of sp³-hybridized carbons (Fsp3) is 0.565. The highest BCUT2D eigenvalue weighted by Gasteiger charge is 2.52. The Morgan fingerprint density at radius 3 is 2.58 bits per heavy atom. The van der Waals surface area contributed by atoms with Gasteiger partial charge in [0.15, 0.2) is 16.1 Å². The predicted octanol–water partition coefficient (Wildman–Crippen LogP) is 2.13. The molecular formula is C23H35N3O6S. The minimum atomic E-state index is -3.73. The Kier molecular flexibility index (Phi) is 9.59. The number of hydrogen-bond donors (Lipinski definition) is 3. The van der Waals surface area contributed by atoms with E-state index in [0.29, 0.717) is 13.0 Å². The second-order valence-electron chi connectivity index (χ2n) is 8.77. The summed E-state index contributed by atoms with van der Waals surface area (Å²) in [7, 11) is -3.73. The van der Waals surface area contributed by atoms with Crippen molar-refractivity contribution in [3.8, 4) is 0 Å². The molecule has 1 aliphatic rings. The van der Waals surface area contributed by atoms with Crippen LogP contribution in [0.2, 0.25) is 0 Å². The van der Waals surface area contributed by atoms with Gasteiger partial charge in [-0.3, -0.25) is 15.0 Å². The molecule has 1 aromatic rings. The van der Waals surface area contributed by atoms with Crippen molar-refractivity contribution in [1.29, 1.82) is 0 Å². The Bertz CT molecular complexity index is 943. The van der Waals surface area contributed by atoms with E-state index in [1.165, 1.54) is 12.1 Å². The number of rotatable bonds is 11. The van der Waals surface area contributed by atoms with Crippen molar-refractivity contribution in [2.45, 2.75) is 62.6 Å². The van der Waals surface area contributed by atoms with E-state index in [0.717, 1.165) is 19.1 Å². The summed E-state index contributed by atoms with van der Waals surface area (Å²) in [4.78, 5) is 32.4. The third-order valence-electron chi connectivity index (χ3n) is 5.78. The number of nitrogens with two attached hydrogens (primary N) is 1. The number of allylic oxidation sites excluding steroid dienone is 1. The third kappa shape index (κ3) is 6.41. The molecule has 1 fully saturated rings. The molecule has 0 radical (unpaired) electrons. The van der Waals surface area contributed by atoms with E-state index >= 15 is 0 Å². The van der Waals surface area contributed by atoms with E-state index < -0.39 is 39.3 Å². The first-order valence-corrected chi connectivity index (χ1v) is 13.0. The van der Waals surface area contributed by atoms with Crippen LogP contribution in [0.5, 0.6) is 0 Å². The van der Waals surface area contributed by atoms with Crippen LogP contribution in [0, 0.1) is 11.8 Å². The Balaban J connectivity index is 2.64. The number of benzene rings is 1.